The second-order valence-electron chi connectivity index (χ2n) is 4.37. The molecule has 2 rings (SSSR count). The molecule has 0 saturated carbocycles. The fourth-order valence-corrected chi connectivity index (χ4v) is 1.93. The molecule has 1 N–H and O–H groups in total. The van der Waals surface area contributed by atoms with E-state index >= 15 is 0 Å². The van der Waals surface area contributed by atoms with Gasteiger partial charge in [0.15, 0.2) is 0 Å². The Bertz CT molecular complexity index is 478. The maximum Gasteiger partial charge on any atom is 0.247 e. The van der Waals surface area contributed by atoms with E-state index < -0.39 is 0 Å². The minimum Gasteiger partial charge on any atom is -0.419 e. The Morgan fingerprint density at radius 3 is 2.63 bits per heavy atom. The fourth-order valence-electron chi connectivity index (χ4n) is 1.93. The van der Waals surface area contributed by atoms with Gasteiger partial charge in [-0.05, 0) is 25.1 Å². The van der Waals surface area contributed by atoms with Gasteiger partial charge in [-0.3, -0.25) is 4.90 Å². The van der Waals surface area contributed by atoms with E-state index in [2.05, 4.69) is 22.0 Å². The third-order valence-electron chi connectivity index (χ3n) is 2.80. The molecule has 0 unspecified atom stereocenters. The topological polar surface area (TPSA) is 62.4 Å². The number of aliphatic hydroxyl groups is 1. The molecule has 0 atom stereocenters. The zero-order valence-electron chi connectivity index (χ0n) is 11.1. The molecule has 0 fully saturated rings. The number of aromatic nitrogens is 2. The summed E-state index contributed by atoms with van der Waals surface area (Å²) in [5, 5.41) is 17.1. The molecule has 19 heavy (non-hydrogen) atoms. The first-order valence-corrected chi connectivity index (χ1v) is 6.54. The van der Waals surface area contributed by atoms with E-state index in [1.807, 2.05) is 30.3 Å². The Balaban J connectivity index is 2.04. The fraction of sp³-hybridized carbons (Fsp3) is 0.429. The summed E-state index contributed by atoms with van der Waals surface area (Å²) in [5.74, 6) is 1.12. The lowest BCUT2D eigenvalue weighted by atomic mass is 10.2. The third kappa shape index (κ3) is 3.87. The number of aliphatic hydroxyl groups excluding tert-OH is 1. The highest BCUT2D eigenvalue weighted by atomic mass is 16.4. The lowest BCUT2D eigenvalue weighted by Crippen LogP contribution is -2.27. The molecule has 5 nitrogen and oxygen atoms in total. The van der Waals surface area contributed by atoms with E-state index in [0.717, 1.165) is 18.5 Å². The van der Waals surface area contributed by atoms with Gasteiger partial charge in [0.2, 0.25) is 11.8 Å². The van der Waals surface area contributed by atoms with E-state index in [4.69, 9.17) is 9.52 Å². The first-order chi connectivity index (χ1) is 9.33. The molecule has 2 aromatic rings. The molecule has 1 heterocycles. The molecular formula is C14H19N3O2. The molecule has 0 bridgehead atoms. The molecule has 102 valence electrons. The molecule has 5 heteroatoms. The van der Waals surface area contributed by atoms with E-state index in [1.54, 1.807) is 0 Å². The highest BCUT2D eigenvalue weighted by Gasteiger charge is 2.11. The Kier molecular flexibility index (Phi) is 5.06. The van der Waals surface area contributed by atoms with Gasteiger partial charge >= 0.3 is 0 Å². The van der Waals surface area contributed by atoms with Crippen LogP contribution >= 0.6 is 0 Å². The van der Waals surface area contributed by atoms with Crippen molar-refractivity contribution in [2.75, 3.05) is 19.7 Å². The lowest BCUT2D eigenvalue weighted by molar-refractivity contribution is 0.179. The van der Waals surface area contributed by atoms with Crippen LogP contribution in [0.5, 0.6) is 0 Å². The average molecular weight is 261 g/mol. The molecule has 1 aromatic carbocycles. The first-order valence-electron chi connectivity index (χ1n) is 6.54. The van der Waals surface area contributed by atoms with Crippen molar-refractivity contribution in [2.45, 2.75) is 19.9 Å². The zero-order valence-corrected chi connectivity index (χ0v) is 11.1. The molecule has 0 aliphatic heterocycles. The number of nitrogens with zero attached hydrogens (tertiary/aromatic N) is 3. The summed E-state index contributed by atoms with van der Waals surface area (Å²) in [6.07, 6.45) is 1.03. The van der Waals surface area contributed by atoms with Gasteiger partial charge in [0, 0.05) is 12.1 Å². The summed E-state index contributed by atoms with van der Waals surface area (Å²) in [4.78, 5) is 2.10. The summed E-state index contributed by atoms with van der Waals surface area (Å²) in [6, 6.07) is 9.71. The quantitative estimate of drug-likeness (QED) is 0.825. The van der Waals surface area contributed by atoms with Crippen molar-refractivity contribution >= 4 is 0 Å². The zero-order chi connectivity index (χ0) is 13.5. The summed E-state index contributed by atoms with van der Waals surface area (Å²) in [6.45, 7) is 4.35. The van der Waals surface area contributed by atoms with Crippen LogP contribution in [0, 0.1) is 0 Å². The molecule has 1 aromatic heterocycles. The SMILES string of the molecule is CCCN(CCO)Cc1nnc(-c2ccccc2)o1. The van der Waals surface area contributed by atoms with Crippen LogP contribution in [0.2, 0.25) is 0 Å². The van der Waals surface area contributed by atoms with Crippen molar-refractivity contribution in [2.24, 2.45) is 0 Å². The predicted octanol–water partition coefficient (Wildman–Crippen LogP) is 1.94. The molecule has 0 amide bonds. The standard InChI is InChI=1S/C14H19N3O2/c1-2-8-17(9-10-18)11-13-15-16-14(19-13)12-6-4-3-5-7-12/h3-7,18H,2,8-11H2,1H3. The molecule has 0 aliphatic rings. The van der Waals surface area contributed by atoms with E-state index in [-0.39, 0.29) is 6.61 Å². The van der Waals surface area contributed by atoms with Crippen LogP contribution in [-0.2, 0) is 6.54 Å². The molecule has 0 radical (unpaired) electrons. The number of hydrogen-bond donors (Lipinski definition) is 1. The van der Waals surface area contributed by atoms with Gasteiger partial charge in [-0.25, -0.2) is 0 Å². The number of rotatable bonds is 7. The highest BCUT2D eigenvalue weighted by molar-refractivity contribution is 5.51. The summed E-state index contributed by atoms with van der Waals surface area (Å²) < 4.78 is 5.65. The Labute approximate surface area is 112 Å². The van der Waals surface area contributed by atoms with Crippen molar-refractivity contribution in [3.8, 4) is 11.5 Å². The van der Waals surface area contributed by atoms with E-state index in [0.29, 0.717) is 24.9 Å². The summed E-state index contributed by atoms with van der Waals surface area (Å²) in [5.41, 5.74) is 0.922. The molecule has 0 aliphatic carbocycles. The number of hydrogen-bond acceptors (Lipinski definition) is 5. The lowest BCUT2D eigenvalue weighted by Gasteiger charge is -2.17. The predicted molar refractivity (Wildman–Crippen MR) is 72.4 cm³/mol. The van der Waals surface area contributed by atoms with Crippen LogP contribution in [-0.4, -0.2) is 39.9 Å². The van der Waals surface area contributed by atoms with Gasteiger partial charge in [0.05, 0.1) is 13.2 Å². The summed E-state index contributed by atoms with van der Waals surface area (Å²) >= 11 is 0. The van der Waals surface area contributed by atoms with E-state index in [1.165, 1.54) is 0 Å². The first kappa shape index (κ1) is 13.7. The molecule has 0 spiro atoms. The monoisotopic (exact) mass is 261 g/mol. The van der Waals surface area contributed by atoms with Crippen molar-refractivity contribution in [1.29, 1.82) is 0 Å². The largest absolute Gasteiger partial charge is 0.419 e. The van der Waals surface area contributed by atoms with Crippen LogP contribution in [0.25, 0.3) is 11.5 Å². The van der Waals surface area contributed by atoms with Crippen LogP contribution in [0.3, 0.4) is 0 Å². The second-order valence-corrected chi connectivity index (χ2v) is 4.37. The van der Waals surface area contributed by atoms with Crippen LogP contribution in [0.1, 0.15) is 19.2 Å². The third-order valence-corrected chi connectivity index (χ3v) is 2.80. The van der Waals surface area contributed by atoms with Crippen molar-refractivity contribution in [1.82, 2.24) is 15.1 Å². The Morgan fingerprint density at radius 2 is 1.95 bits per heavy atom. The molecular weight excluding hydrogens is 242 g/mol. The molecule has 0 saturated heterocycles. The van der Waals surface area contributed by atoms with Crippen LogP contribution in [0.15, 0.2) is 34.7 Å². The van der Waals surface area contributed by atoms with Gasteiger partial charge < -0.3 is 9.52 Å². The van der Waals surface area contributed by atoms with Gasteiger partial charge in [0.25, 0.3) is 0 Å². The van der Waals surface area contributed by atoms with Crippen molar-refractivity contribution in [3.63, 3.8) is 0 Å². The highest BCUT2D eigenvalue weighted by Crippen LogP contribution is 2.17. The van der Waals surface area contributed by atoms with Crippen LogP contribution < -0.4 is 0 Å². The minimum absolute atomic E-state index is 0.139. The van der Waals surface area contributed by atoms with E-state index in [9.17, 15) is 0 Å². The van der Waals surface area contributed by atoms with Crippen molar-refractivity contribution < 1.29 is 9.52 Å². The van der Waals surface area contributed by atoms with Gasteiger partial charge in [-0.2, -0.15) is 0 Å². The van der Waals surface area contributed by atoms with Gasteiger partial charge in [0.1, 0.15) is 0 Å². The summed E-state index contributed by atoms with van der Waals surface area (Å²) in [7, 11) is 0. The minimum atomic E-state index is 0.139. The van der Waals surface area contributed by atoms with Crippen molar-refractivity contribution in [3.05, 3.63) is 36.2 Å². The normalized spacial score (nSPS) is 11.1. The smallest absolute Gasteiger partial charge is 0.247 e. The maximum atomic E-state index is 9.02. The number of benzene rings is 1. The Morgan fingerprint density at radius 1 is 1.16 bits per heavy atom. The van der Waals surface area contributed by atoms with Gasteiger partial charge in [-0.15, -0.1) is 10.2 Å². The maximum absolute atomic E-state index is 9.02. The average Bonchev–Trinajstić information content (AvgIpc) is 2.89. The van der Waals surface area contributed by atoms with Crippen LogP contribution in [0.4, 0.5) is 0 Å². The Hall–Kier alpha value is -1.72. The van der Waals surface area contributed by atoms with Gasteiger partial charge in [-0.1, -0.05) is 25.1 Å². The second kappa shape index (κ2) is 7.01.